The van der Waals surface area contributed by atoms with Crippen LogP contribution in [0.15, 0.2) is 30.5 Å². The summed E-state index contributed by atoms with van der Waals surface area (Å²) >= 11 is 0. The van der Waals surface area contributed by atoms with Gasteiger partial charge in [0.05, 0.1) is 30.5 Å². The van der Waals surface area contributed by atoms with Gasteiger partial charge in [0.25, 0.3) is 0 Å². The van der Waals surface area contributed by atoms with E-state index in [0.717, 1.165) is 88.9 Å². The molecule has 5 heterocycles. The average molecular weight is 568 g/mol. The van der Waals surface area contributed by atoms with Crippen LogP contribution in [0.1, 0.15) is 49.9 Å². The Morgan fingerprint density at radius 2 is 1.93 bits per heavy atom. The lowest BCUT2D eigenvalue weighted by atomic mass is 9.93. The molecule has 2 atom stereocenters. The van der Waals surface area contributed by atoms with Crippen LogP contribution in [0.2, 0.25) is 0 Å². The Labute approximate surface area is 246 Å². The van der Waals surface area contributed by atoms with E-state index >= 15 is 0 Å². The van der Waals surface area contributed by atoms with Crippen LogP contribution in [0.4, 0.5) is 0 Å². The van der Waals surface area contributed by atoms with Gasteiger partial charge in [-0.15, -0.1) is 0 Å². The molecule has 10 heteroatoms. The number of hydrogen-bond acceptors (Lipinski definition) is 8. The normalized spacial score (nSPS) is 21.5. The van der Waals surface area contributed by atoms with E-state index in [-0.39, 0.29) is 17.8 Å². The van der Waals surface area contributed by atoms with Gasteiger partial charge in [0.2, 0.25) is 11.7 Å². The number of likely N-dealkylation sites (tertiary alicyclic amines) is 2. The number of fused-ring (bicyclic) bond motifs is 1. The number of aromatic nitrogens is 3. The first-order chi connectivity index (χ1) is 20.5. The number of benzene rings is 1. The molecule has 0 radical (unpaired) electrons. The summed E-state index contributed by atoms with van der Waals surface area (Å²) < 4.78 is 13.7. The number of carbonyl (C=O) groups is 1. The van der Waals surface area contributed by atoms with Crippen LogP contribution < -0.4 is 4.74 Å². The highest BCUT2D eigenvalue weighted by atomic mass is 16.5. The first-order valence-electron chi connectivity index (χ1n) is 15.0. The second-order valence-corrected chi connectivity index (χ2v) is 11.8. The van der Waals surface area contributed by atoms with Crippen molar-refractivity contribution in [2.45, 2.75) is 51.1 Å². The van der Waals surface area contributed by atoms with Crippen LogP contribution in [0.25, 0.3) is 22.3 Å². The SMILES string of the molecule is CN1CCC[C@H]1C(=O)N1CCC(CCOc2ccc(-c3nc(C#N)nc4c3ccn4CC3CCOC3)cc2C#N)CC1. The molecule has 42 heavy (non-hydrogen) atoms. The van der Waals surface area contributed by atoms with Gasteiger partial charge in [0.1, 0.15) is 23.5 Å². The molecule has 3 aliphatic rings. The molecule has 10 nitrogen and oxygen atoms in total. The number of rotatable bonds is 8. The average Bonchev–Trinajstić information content (AvgIpc) is 3.79. The third-order valence-corrected chi connectivity index (χ3v) is 9.09. The number of ether oxygens (including phenoxy) is 2. The topological polar surface area (TPSA) is 120 Å². The van der Waals surface area contributed by atoms with Gasteiger partial charge in [0, 0.05) is 49.3 Å². The zero-order valence-corrected chi connectivity index (χ0v) is 24.2. The molecule has 3 aliphatic heterocycles. The number of hydrogen-bond donors (Lipinski definition) is 0. The first kappa shape index (κ1) is 28.1. The van der Waals surface area contributed by atoms with Crippen LogP contribution in [-0.2, 0) is 16.1 Å². The lowest BCUT2D eigenvalue weighted by Crippen LogP contribution is -2.47. The predicted octanol–water partition coefficient (Wildman–Crippen LogP) is 3.98. The van der Waals surface area contributed by atoms with Crippen molar-refractivity contribution < 1.29 is 14.3 Å². The molecule has 6 rings (SSSR count). The molecular formula is C32H37N7O3. The molecule has 0 bridgehead atoms. The summed E-state index contributed by atoms with van der Waals surface area (Å²) in [5.74, 6) is 1.84. The summed E-state index contributed by atoms with van der Waals surface area (Å²) in [6.45, 7) is 5.41. The van der Waals surface area contributed by atoms with Crippen molar-refractivity contribution in [1.82, 2.24) is 24.3 Å². The monoisotopic (exact) mass is 567 g/mol. The molecule has 0 saturated carbocycles. The van der Waals surface area contributed by atoms with Crippen LogP contribution in [-0.4, -0.2) is 82.8 Å². The quantitative estimate of drug-likeness (QED) is 0.401. The van der Waals surface area contributed by atoms with Gasteiger partial charge < -0.3 is 18.9 Å². The number of nitrogens with zero attached hydrogens (tertiary/aromatic N) is 7. The molecule has 0 spiro atoms. The van der Waals surface area contributed by atoms with Gasteiger partial charge >= 0.3 is 0 Å². The van der Waals surface area contributed by atoms with E-state index in [2.05, 4.69) is 31.6 Å². The maximum atomic E-state index is 12.9. The van der Waals surface area contributed by atoms with Gasteiger partial charge in [-0.25, -0.2) is 9.97 Å². The third kappa shape index (κ3) is 5.83. The number of likely N-dealkylation sites (N-methyl/N-ethyl adjacent to an activating group) is 1. The van der Waals surface area contributed by atoms with E-state index < -0.39 is 0 Å². The fraction of sp³-hybridized carbons (Fsp3) is 0.531. The van der Waals surface area contributed by atoms with E-state index in [1.165, 1.54) is 0 Å². The predicted molar refractivity (Wildman–Crippen MR) is 156 cm³/mol. The minimum atomic E-state index is 0.0501. The van der Waals surface area contributed by atoms with Crippen molar-refractivity contribution in [2.24, 2.45) is 11.8 Å². The van der Waals surface area contributed by atoms with Crippen molar-refractivity contribution >= 4 is 16.9 Å². The van der Waals surface area contributed by atoms with Gasteiger partial charge in [0.15, 0.2) is 0 Å². The molecular weight excluding hydrogens is 530 g/mol. The van der Waals surface area contributed by atoms with Gasteiger partial charge in [-0.05, 0) is 82.3 Å². The van der Waals surface area contributed by atoms with E-state index in [1.54, 1.807) is 6.07 Å². The zero-order valence-electron chi connectivity index (χ0n) is 24.2. The van der Waals surface area contributed by atoms with Crippen molar-refractivity contribution in [3.05, 3.63) is 41.9 Å². The summed E-state index contributed by atoms with van der Waals surface area (Å²) in [6.07, 6.45) is 7.90. The van der Waals surface area contributed by atoms with E-state index in [9.17, 15) is 15.3 Å². The molecule has 3 saturated heterocycles. The minimum Gasteiger partial charge on any atom is -0.492 e. The zero-order chi connectivity index (χ0) is 29.1. The summed E-state index contributed by atoms with van der Waals surface area (Å²) in [5.41, 5.74) is 2.52. The van der Waals surface area contributed by atoms with Crippen molar-refractivity contribution in [1.29, 1.82) is 10.5 Å². The van der Waals surface area contributed by atoms with Crippen molar-refractivity contribution in [2.75, 3.05) is 46.5 Å². The lowest BCUT2D eigenvalue weighted by molar-refractivity contribution is -0.137. The van der Waals surface area contributed by atoms with E-state index in [0.29, 0.717) is 41.1 Å². The summed E-state index contributed by atoms with van der Waals surface area (Å²) in [5, 5.41) is 20.4. The van der Waals surface area contributed by atoms with Crippen LogP contribution >= 0.6 is 0 Å². The fourth-order valence-electron chi connectivity index (χ4n) is 6.59. The molecule has 3 fully saturated rings. The molecule has 218 valence electrons. The molecule has 1 amide bonds. The summed E-state index contributed by atoms with van der Waals surface area (Å²) in [4.78, 5) is 26.1. The Kier molecular flexibility index (Phi) is 8.36. The molecule has 1 unspecified atom stereocenters. The Morgan fingerprint density at radius 3 is 2.64 bits per heavy atom. The largest absolute Gasteiger partial charge is 0.492 e. The van der Waals surface area contributed by atoms with Gasteiger partial charge in [-0.1, -0.05) is 0 Å². The van der Waals surface area contributed by atoms with Gasteiger partial charge in [-0.2, -0.15) is 10.5 Å². The molecule has 0 N–H and O–H groups in total. The number of amides is 1. The van der Waals surface area contributed by atoms with Crippen molar-refractivity contribution in [3.63, 3.8) is 0 Å². The standard InChI is InChI=1S/C32H37N7O3/c1-37-11-2-3-27(37)32(40)38-12-6-22(7-13-38)10-16-42-28-5-4-24(17-25(28)18-33)30-26-8-14-39(20-23-9-15-41-21-23)31(26)36-29(19-34)35-30/h4-5,8,14,17,22-23,27H,2-3,6-7,9-13,15-16,20-21H2,1H3/t23?,27-/m0/s1. The molecule has 3 aromatic rings. The van der Waals surface area contributed by atoms with Gasteiger partial charge in [-0.3, -0.25) is 9.69 Å². The van der Waals surface area contributed by atoms with Crippen LogP contribution in [0.3, 0.4) is 0 Å². The highest BCUT2D eigenvalue weighted by molar-refractivity contribution is 5.91. The summed E-state index contributed by atoms with van der Waals surface area (Å²) in [7, 11) is 2.05. The maximum absolute atomic E-state index is 12.9. The highest BCUT2D eigenvalue weighted by Crippen LogP contribution is 2.32. The lowest BCUT2D eigenvalue weighted by Gasteiger charge is -2.34. The van der Waals surface area contributed by atoms with Crippen molar-refractivity contribution in [3.8, 4) is 29.1 Å². The maximum Gasteiger partial charge on any atom is 0.239 e. The molecule has 1 aromatic carbocycles. The second-order valence-electron chi connectivity index (χ2n) is 11.8. The summed E-state index contributed by atoms with van der Waals surface area (Å²) in [6, 6.07) is 11.9. The van der Waals surface area contributed by atoms with E-state index in [1.807, 2.05) is 36.3 Å². The number of carbonyl (C=O) groups excluding carboxylic acids is 1. The number of piperidine rings is 1. The number of nitriles is 2. The molecule has 0 aliphatic carbocycles. The van der Waals surface area contributed by atoms with Crippen LogP contribution in [0.5, 0.6) is 5.75 Å². The Morgan fingerprint density at radius 1 is 1.07 bits per heavy atom. The first-order valence-corrected chi connectivity index (χ1v) is 15.0. The Hall–Kier alpha value is -3.99. The van der Waals surface area contributed by atoms with E-state index in [4.69, 9.17) is 9.47 Å². The highest BCUT2D eigenvalue weighted by Gasteiger charge is 2.33. The Balaban J connectivity index is 1.10. The molecule has 2 aromatic heterocycles. The smallest absolute Gasteiger partial charge is 0.239 e. The third-order valence-electron chi connectivity index (χ3n) is 9.09. The Bertz CT molecular complexity index is 1520. The minimum absolute atomic E-state index is 0.0501. The van der Waals surface area contributed by atoms with Crippen LogP contribution in [0, 0.1) is 34.5 Å². The fourth-order valence-corrected chi connectivity index (χ4v) is 6.59. The second kappa shape index (κ2) is 12.5.